The summed E-state index contributed by atoms with van der Waals surface area (Å²) in [5.41, 5.74) is 4.46. The highest BCUT2D eigenvalue weighted by Gasteiger charge is 2.32. The molecule has 2 N–H and O–H groups in total. The number of nitrogens with one attached hydrogen (secondary N) is 2. The van der Waals surface area contributed by atoms with Crippen molar-refractivity contribution in [2.24, 2.45) is 0 Å². The van der Waals surface area contributed by atoms with Crippen molar-refractivity contribution in [2.75, 3.05) is 0 Å². The molecule has 1 aliphatic rings. The summed E-state index contributed by atoms with van der Waals surface area (Å²) < 4.78 is 7.18. The van der Waals surface area contributed by atoms with E-state index < -0.39 is 6.04 Å². The van der Waals surface area contributed by atoms with Crippen LogP contribution in [0.3, 0.4) is 0 Å². The van der Waals surface area contributed by atoms with Crippen LogP contribution in [0.5, 0.6) is 11.5 Å². The highest BCUT2D eigenvalue weighted by atomic mass is 32.1. The first-order valence-corrected chi connectivity index (χ1v) is 12.1. The SMILES string of the molecule is O=C1NC(c2ccccc2)=C(c2nc3ccccc3s2)[C@@H](c2cccc(Oc3ccccc3)c2)N1. The highest BCUT2D eigenvalue weighted by Crippen LogP contribution is 2.41. The van der Waals surface area contributed by atoms with Crippen molar-refractivity contribution in [3.05, 3.63) is 125 Å². The number of nitrogens with zero attached hydrogens (tertiary/aromatic N) is 1. The second kappa shape index (κ2) is 9.08. The summed E-state index contributed by atoms with van der Waals surface area (Å²) >= 11 is 1.62. The molecular weight excluding hydrogens is 454 g/mol. The van der Waals surface area contributed by atoms with Crippen LogP contribution in [0, 0.1) is 0 Å². The lowest BCUT2D eigenvalue weighted by molar-refractivity contribution is 0.242. The van der Waals surface area contributed by atoms with Crippen molar-refractivity contribution in [3.8, 4) is 11.5 Å². The fourth-order valence-corrected chi connectivity index (χ4v) is 5.29. The summed E-state index contributed by atoms with van der Waals surface area (Å²) in [5.74, 6) is 1.46. The number of carbonyl (C=O) groups is 1. The number of benzene rings is 4. The topological polar surface area (TPSA) is 63.2 Å². The summed E-state index contributed by atoms with van der Waals surface area (Å²) in [6, 6.07) is 34.8. The van der Waals surface area contributed by atoms with Gasteiger partial charge < -0.3 is 15.4 Å². The Balaban J connectivity index is 1.50. The normalized spacial score (nSPS) is 15.5. The minimum Gasteiger partial charge on any atom is -0.457 e. The van der Waals surface area contributed by atoms with E-state index in [9.17, 15) is 4.79 Å². The Bertz CT molecular complexity index is 1510. The lowest BCUT2D eigenvalue weighted by Crippen LogP contribution is -2.42. The predicted molar refractivity (Wildman–Crippen MR) is 140 cm³/mol. The van der Waals surface area contributed by atoms with E-state index >= 15 is 0 Å². The summed E-state index contributed by atoms with van der Waals surface area (Å²) in [6.07, 6.45) is 0. The molecule has 35 heavy (non-hydrogen) atoms. The van der Waals surface area contributed by atoms with Gasteiger partial charge in [0.15, 0.2) is 0 Å². The average Bonchev–Trinajstić information content (AvgIpc) is 3.33. The van der Waals surface area contributed by atoms with Crippen LogP contribution in [0.25, 0.3) is 21.5 Å². The molecule has 6 heteroatoms. The molecule has 2 amide bonds. The van der Waals surface area contributed by atoms with Gasteiger partial charge in [-0.25, -0.2) is 9.78 Å². The second-order valence-corrected chi connectivity index (χ2v) is 9.19. The third-order valence-corrected chi connectivity index (χ3v) is 6.90. The Morgan fingerprint density at radius 3 is 2.29 bits per heavy atom. The Hall–Kier alpha value is -4.42. The van der Waals surface area contributed by atoms with Gasteiger partial charge in [-0.1, -0.05) is 72.8 Å². The zero-order valence-corrected chi connectivity index (χ0v) is 19.5. The Labute approximate surface area is 206 Å². The van der Waals surface area contributed by atoms with E-state index in [4.69, 9.17) is 9.72 Å². The molecule has 0 radical (unpaired) electrons. The number of para-hydroxylation sites is 2. The molecule has 5 nitrogen and oxygen atoms in total. The summed E-state index contributed by atoms with van der Waals surface area (Å²) in [4.78, 5) is 17.8. The largest absolute Gasteiger partial charge is 0.457 e. The Kier molecular flexibility index (Phi) is 5.48. The fraction of sp³-hybridized carbons (Fsp3) is 0.0345. The van der Waals surface area contributed by atoms with Gasteiger partial charge in [0.25, 0.3) is 0 Å². The zero-order chi connectivity index (χ0) is 23.6. The molecule has 6 rings (SSSR count). The number of urea groups is 1. The van der Waals surface area contributed by atoms with Gasteiger partial charge >= 0.3 is 6.03 Å². The fourth-order valence-electron chi connectivity index (χ4n) is 4.25. The molecule has 0 unspecified atom stereocenters. The molecule has 0 spiro atoms. The summed E-state index contributed by atoms with van der Waals surface area (Å²) in [6.45, 7) is 0. The molecule has 1 atom stereocenters. The van der Waals surface area contributed by atoms with Crippen molar-refractivity contribution >= 4 is 38.9 Å². The maximum Gasteiger partial charge on any atom is 0.320 e. The lowest BCUT2D eigenvalue weighted by atomic mass is 9.93. The van der Waals surface area contributed by atoms with E-state index in [1.54, 1.807) is 11.3 Å². The molecule has 4 aromatic carbocycles. The maximum absolute atomic E-state index is 12.9. The molecule has 2 heterocycles. The number of ether oxygens (including phenoxy) is 1. The van der Waals surface area contributed by atoms with Crippen LogP contribution in [0.15, 0.2) is 109 Å². The van der Waals surface area contributed by atoms with E-state index in [0.29, 0.717) is 5.75 Å². The Morgan fingerprint density at radius 2 is 1.49 bits per heavy atom. The Morgan fingerprint density at radius 1 is 0.771 bits per heavy atom. The van der Waals surface area contributed by atoms with Crippen molar-refractivity contribution in [3.63, 3.8) is 0 Å². The van der Waals surface area contributed by atoms with E-state index in [1.165, 1.54) is 0 Å². The minimum absolute atomic E-state index is 0.256. The third-order valence-electron chi connectivity index (χ3n) is 5.83. The molecule has 170 valence electrons. The van der Waals surface area contributed by atoms with Crippen LogP contribution in [-0.2, 0) is 0 Å². The van der Waals surface area contributed by atoms with Crippen LogP contribution in [0.1, 0.15) is 22.2 Å². The first kappa shape index (κ1) is 21.1. The standard InChI is InChI=1S/C29H21N3O2S/c33-29-31-26(19-10-3-1-4-11-19)25(28-30-23-16-7-8-17-24(23)35-28)27(32-29)20-12-9-15-22(18-20)34-21-13-5-2-6-14-21/h1-18,27H,(H2,31,32,33)/t27-/m1/s1. The molecule has 0 bridgehead atoms. The predicted octanol–water partition coefficient (Wildman–Crippen LogP) is 7.01. The molecular formula is C29H21N3O2S. The number of hydrogen-bond donors (Lipinski definition) is 2. The zero-order valence-electron chi connectivity index (χ0n) is 18.6. The average molecular weight is 476 g/mol. The molecule has 0 saturated heterocycles. The molecule has 0 saturated carbocycles. The van der Waals surface area contributed by atoms with E-state index in [0.717, 1.165) is 43.4 Å². The smallest absolute Gasteiger partial charge is 0.320 e. The maximum atomic E-state index is 12.9. The van der Waals surface area contributed by atoms with Gasteiger partial charge in [0.05, 0.1) is 22.0 Å². The number of amides is 2. The highest BCUT2D eigenvalue weighted by molar-refractivity contribution is 7.19. The van der Waals surface area contributed by atoms with Gasteiger partial charge in [-0.3, -0.25) is 0 Å². The van der Waals surface area contributed by atoms with Crippen LogP contribution in [-0.4, -0.2) is 11.0 Å². The van der Waals surface area contributed by atoms with Gasteiger partial charge in [0, 0.05) is 5.57 Å². The molecule has 1 aliphatic heterocycles. The van der Waals surface area contributed by atoms with Crippen LogP contribution >= 0.6 is 11.3 Å². The number of rotatable bonds is 5. The van der Waals surface area contributed by atoms with Gasteiger partial charge in [0.2, 0.25) is 0 Å². The van der Waals surface area contributed by atoms with E-state index in [2.05, 4.69) is 16.7 Å². The van der Waals surface area contributed by atoms with Gasteiger partial charge in [-0.2, -0.15) is 0 Å². The quantitative estimate of drug-likeness (QED) is 0.287. The van der Waals surface area contributed by atoms with Gasteiger partial charge in [-0.15, -0.1) is 11.3 Å². The van der Waals surface area contributed by atoms with E-state index in [1.807, 2.05) is 103 Å². The monoisotopic (exact) mass is 475 g/mol. The molecule has 1 aromatic heterocycles. The third kappa shape index (κ3) is 4.27. The van der Waals surface area contributed by atoms with E-state index in [-0.39, 0.29) is 6.03 Å². The van der Waals surface area contributed by atoms with Crippen molar-refractivity contribution < 1.29 is 9.53 Å². The number of carbonyl (C=O) groups excluding carboxylic acids is 1. The van der Waals surface area contributed by atoms with Crippen LogP contribution in [0.2, 0.25) is 0 Å². The number of fused-ring (bicyclic) bond motifs is 1. The second-order valence-electron chi connectivity index (χ2n) is 8.16. The van der Waals surface area contributed by atoms with Crippen molar-refractivity contribution in [1.82, 2.24) is 15.6 Å². The molecule has 0 fully saturated rings. The van der Waals surface area contributed by atoms with Crippen LogP contribution in [0.4, 0.5) is 4.79 Å². The number of aromatic nitrogens is 1. The molecule has 0 aliphatic carbocycles. The van der Waals surface area contributed by atoms with Crippen molar-refractivity contribution in [1.29, 1.82) is 0 Å². The molecule has 5 aromatic rings. The van der Waals surface area contributed by atoms with Gasteiger partial charge in [0.1, 0.15) is 16.5 Å². The minimum atomic E-state index is -0.404. The summed E-state index contributed by atoms with van der Waals surface area (Å²) in [7, 11) is 0. The lowest BCUT2D eigenvalue weighted by Gasteiger charge is -2.30. The van der Waals surface area contributed by atoms with Crippen LogP contribution < -0.4 is 15.4 Å². The summed E-state index contributed by atoms with van der Waals surface area (Å²) in [5, 5.41) is 7.02. The van der Waals surface area contributed by atoms with Crippen molar-refractivity contribution in [2.45, 2.75) is 6.04 Å². The first-order valence-electron chi connectivity index (χ1n) is 11.3. The number of hydrogen-bond acceptors (Lipinski definition) is 4. The number of thiazole rings is 1. The first-order chi connectivity index (χ1) is 17.2. The van der Waals surface area contributed by atoms with Gasteiger partial charge in [-0.05, 0) is 47.5 Å².